The summed E-state index contributed by atoms with van der Waals surface area (Å²) >= 11 is 3.49. The van der Waals surface area contributed by atoms with Gasteiger partial charge in [-0.2, -0.15) is 0 Å². The van der Waals surface area contributed by atoms with E-state index in [2.05, 4.69) is 38.1 Å². The van der Waals surface area contributed by atoms with E-state index in [1.165, 1.54) is 6.33 Å². The van der Waals surface area contributed by atoms with E-state index in [0.717, 1.165) is 36.1 Å². The molecule has 1 saturated heterocycles. The third-order valence-corrected chi connectivity index (χ3v) is 4.79. The molecule has 2 aromatic rings. The molecular weight excluding hydrogens is 356 g/mol. The molecule has 3 rings (SSSR count). The van der Waals surface area contributed by atoms with Crippen molar-refractivity contribution in [3.8, 4) is 0 Å². The average Bonchev–Trinajstić information content (AvgIpc) is 2.57. The third-order valence-electron chi connectivity index (χ3n) is 4.09. The number of anilines is 2. The van der Waals surface area contributed by atoms with E-state index in [9.17, 15) is 4.79 Å². The van der Waals surface area contributed by atoms with Gasteiger partial charge in [0.25, 0.3) is 5.91 Å². The first kappa shape index (κ1) is 15.9. The lowest BCUT2D eigenvalue weighted by atomic mass is 9.99. The Morgan fingerprint density at radius 1 is 1.26 bits per heavy atom. The fourth-order valence-electron chi connectivity index (χ4n) is 2.62. The minimum Gasteiger partial charge on any atom is -0.339 e. The lowest BCUT2D eigenvalue weighted by Crippen LogP contribution is -2.38. The molecule has 1 aromatic carbocycles. The van der Waals surface area contributed by atoms with Crippen molar-refractivity contribution >= 4 is 33.3 Å². The van der Waals surface area contributed by atoms with Crippen molar-refractivity contribution in [3.63, 3.8) is 0 Å². The summed E-state index contributed by atoms with van der Waals surface area (Å²) in [5.74, 6) is 1.28. The monoisotopic (exact) mass is 374 g/mol. The summed E-state index contributed by atoms with van der Waals surface area (Å²) < 4.78 is 0.941. The number of likely N-dealkylation sites (tertiary alicyclic amines) is 1. The Kier molecular flexibility index (Phi) is 4.91. The molecule has 0 spiro atoms. The molecule has 2 heterocycles. The molecule has 0 saturated carbocycles. The molecule has 0 unspecified atom stereocenters. The topological polar surface area (TPSA) is 58.1 Å². The van der Waals surface area contributed by atoms with Crippen LogP contribution in [0.2, 0.25) is 0 Å². The van der Waals surface area contributed by atoms with Crippen LogP contribution >= 0.6 is 15.9 Å². The predicted molar refractivity (Wildman–Crippen MR) is 93.8 cm³/mol. The highest BCUT2D eigenvalue weighted by molar-refractivity contribution is 9.10. The second-order valence-corrected chi connectivity index (χ2v) is 6.72. The number of hydrogen-bond donors (Lipinski definition) is 1. The van der Waals surface area contributed by atoms with E-state index in [4.69, 9.17) is 0 Å². The van der Waals surface area contributed by atoms with E-state index in [0.29, 0.717) is 17.4 Å². The molecule has 1 N–H and O–H groups in total. The molecule has 1 fully saturated rings. The van der Waals surface area contributed by atoms with Crippen molar-refractivity contribution in [2.75, 3.05) is 18.4 Å². The number of nitrogens with one attached hydrogen (secondary N) is 1. The zero-order chi connectivity index (χ0) is 16.2. The molecule has 6 heteroatoms. The first-order chi connectivity index (χ1) is 11.1. The maximum atomic E-state index is 12.6. The molecule has 1 aromatic heterocycles. The van der Waals surface area contributed by atoms with Crippen LogP contribution < -0.4 is 5.32 Å². The summed E-state index contributed by atoms with van der Waals surface area (Å²) in [5.41, 5.74) is 1.33. The third kappa shape index (κ3) is 3.88. The number of para-hydroxylation sites is 1. The van der Waals surface area contributed by atoms with Gasteiger partial charge in [0.15, 0.2) is 0 Å². The smallest absolute Gasteiger partial charge is 0.272 e. The largest absolute Gasteiger partial charge is 0.339 e. The Hall–Kier alpha value is -1.95. The molecule has 1 aliphatic heterocycles. The average molecular weight is 375 g/mol. The van der Waals surface area contributed by atoms with E-state index >= 15 is 0 Å². The Bertz CT molecular complexity index is 698. The fraction of sp³-hybridized carbons (Fsp3) is 0.353. The first-order valence-corrected chi connectivity index (χ1v) is 8.55. The van der Waals surface area contributed by atoms with E-state index in [-0.39, 0.29) is 5.91 Å². The molecule has 23 heavy (non-hydrogen) atoms. The number of carbonyl (C=O) groups excluding carboxylic acids is 1. The van der Waals surface area contributed by atoms with E-state index in [1.54, 1.807) is 6.07 Å². The predicted octanol–water partition coefficient (Wildman–Crippen LogP) is 3.85. The number of halogens is 1. The van der Waals surface area contributed by atoms with Crippen LogP contribution in [0.25, 0.3) is 0 Å². The Morgan fingerprint density at radius 2 is 2.00 bits per heavy atom. The van der Waals surface area contributed by atoms with Gasteiger partial charge in [-0.1, -0.05) is 19.1 Å². The van der Waals surface area contributed by atoms with Gasteiger partial charge in [-0.15, -0.1) is 0 Å². The van der Waals surface area contributed by atoms with Gasteiger partial charge < -0.3 is 10.2 Å². The molecule has 0 bridgehead atoms. The van der Waals surface area contributed by atoms with Gasteiger partial charge in [0, 0.05) is 23.6 Å². The molecule has 1 aliphatic rings. The molecule has 1 amide bonds. The van der Waals surface area contributed by atoms with Crippen LogP contribution in [0, 0.1) is 5.92 Å². The fourth-order valence-corrected chi connectivity index (χ4v) is 3.00. The molecular formula is C17H19BrN4O. The summed E-state index contributed by atoms with van der Waals surface area (Å²) in [7, 11) is 0. The lowest BCUT2D eigenvalue weighted by Gasteiger charge is -2.30. The van der Waals surface area contributed by atoms with Gasteiger partial charge in [-0.3, -0.25) is 4.79 Å². The standard InChI is InChI=1S/C17H19BrN4O/c1-12-6-8-22(9-7-12)17(23)15-10-16(20-11-19-15)21-14-5-3-2-4-13(14)18/h2-5,10-12H,6-9H2,1H3,(H,19,20,21). The summed E-state index contributed by atoms with van der Waals surface area (Å²) in [6.07, 6.45) is 3.54. The van der Waals surface area contributed by atoms with Crippen LogP contribution in [0.5, 0.6) is 0 Å². The van der Waals surface area contributed by atoms with Gasteiger partial charge in [0.2, 0.25) is 0 Å². The second kappa shape index (κ2) is 7.08. The summed E-state index contributed by atoms with van der Waals surface area (Å²) in [4.78, 5) is 22.8. The molecule has 0 atom stereocenters. The van der Waals surface area contributed by atoms with E-state index < -0.39 is 0 Å². The number of carbonyl (C=O) groups is 1. The SMILES string of the molecule is CC1CCN(C(=O)c2cc(Nc3ccccc3Br)ncn2)CC1. The number of hydrogen-bond acceptors (Lipinski definition) is 4. The van der Waals surface area contributed by atoms with Gasteiger partial charge in [0.05, 0.1) is 5.69 Å². The highest BCUT2D eigenvalue weighted by atomic mass is 79.9. The first-order valence-electron chi connectivity index (χ1n) is 7.76. The maximum absolute atomic E-state index is 12.6. The van der Waals surface area contributed by atoms with Crippen LogP contribution in [0.3, 0.4) is 0 Å². The zero-order valence-electron chi connectivity index (χ0n) is 13.0. The van der Waals surface area contributed by atoms with Crippen molar-refractivity contribution in [3.05, 3.63) is 46.8 Å². The number of piperidine rings is 1. The molecule has 0 radical (unpaired) electrons. The molecule has 5 nitrogen and oxygen atoms in total. The van der Waals surface area contributed by atoms with Crippen molar-refractivity contribution < 1.29 is 4.79 Å². The van der Waals surface area contributed by atoms with Gasteiger partial charge in [-0.25, -0.2) is 9.97 Å². The van der Waals surface area contributed by atoms with Crippen LogP contribution in [0.15, 0.2) is 41.1 Å². The minimum absolute atomic E-state index is 0.0190. The van der Waals surface area contributed by atoms with Crippen LogP contribution in [0.1, 0.15) is 30.3 Å². The van der Waals surface area contributed by atoms with Crippen molar-refractivity contribution in [2.24, 2.45) is 5.92 Å². The Morgan fingerprint density at radius 3 is 2.74 bits per heavy atom. The second-order valence-electron chi connectivity index (χ2n) is 5.87. The number of nitrogens with zero attached hydrogens (tertiary/aromatic N) is 3. The normalized spacial score (nSPS) is 15.5. The van der Waals surface area contributed by atoms with Gasteiger partial charge in [0.1, 0.15) is 17.8 Å². The number of aromatic nitrogens is 2. The quantitative estimate of drug-likeness (QED) is 0.885. The van der Waals surface area contributed by atoms with Crippen LogP contribution in [-0.2, 0) is 0 Å². The number of rotatable bonds is 3. The summed E-state index contributed by atoms with van der Waals surface area (Å²) in [6, 6.07) is 9.49. The van der Waals surface area contributed by atoms with E-state index in [1.807, 2.05) is 29.2 Å². The minimum atomic E-state index is -0.0190. The number of amides is 1. The number of benzene rings is 1. The Labute approximate surface area is 144 Å². The van der Waals surface area contributed by atoms with Gasteiger partial charge in [-0.05, 0) is 46.8 Å². The van der Waals surface area contributed by atoms with Crippen molar-refractivity contribution in [2.45, 2.75) is 19.8 Å². The maximum Gasteiger partial charge on any atom is 0.272 e. The highest BCUT2D eigenvalue weighted by Gasteiger charge is 2.22. The van der Waals surface area contributed by atoms with Crippen LogP contribution in [-0.4, -0.2) is 33.9 Å². The zero-order valence-corrected chi connectivity index (χ0v) is 14.6. The Balaban J connectivity index is 1.75. The van der Waals surface area contributed by atoms with Crippen LogP contribution in [0.4, 0.5) is 11.5 Å². The lowest BCUT2D eigenvalue weighted by molar-refractivity contribution is 0.0691. The van der Waals surface area contributed by atoms with Crippen molar-refractivity contribution in [1.29, 1.82) is 0 Å². The van der Waals surface area contributed by atoms with Crippen molar-refractivity contribution in [1.82, 2.24) is 14.9 Å². The van der Waals surface area contributed by atoms with Gasteiger partial charge >= 0.3 is 0 Å². The highest BCUT2D eigenvalue weighted by Crippen LogP contribution is 2.25. The summed E-state index contributed by atoms with van der Waals surface area (Å²) in [5, 5.41) is 3.21. The molecule has 0 aliphatic carbocycles. The summed E-state index contributed by atoms with van der Waals surface area (Å²) in [6.45, 7) is 3.83. The molecule has 120 valence electrons.